The summed E-state index contributed by atoms with van der Waals surface area (Å²) in [6.07, 6.45) is 3.49. The molecule has 2 unspecified atom stereocenters. The molecule has 1 saturated carbocycles. The SMILES string of the molecule is O=[N+]([O-])C1(Br)CCCCC1c1ccccc1. The quantitative estimate of drug-likeness (QED) is 0.359. The van der Waals surface area contributed by atoms with E-state index in [1.807, 2.05) is 30.3 Å². The summed E-state index contributed by atoms with van der Waals surface area (Å²) in [7, 11) is 0. The summed E-state index contributed by atoms with van der Waals surface area (Å²) < 4.78 is -0.966. The zero-order valence-corrected chi connectivity index (χ0v) is 10.5. The zero-order valence-electron chi connectivity index (χ0n) is 8.93. The van der Waals surface area contributed by atoms with Crippen LogP contribution in [0.4, 0.5) is 0 Å². The Morgan fingerprint density at radius 2 is 2.00 bits per heavy atom. The normalized spacial score (nSPS) is 29.9. The van der Waals surface area contributed by atoms with Gasteiger partial charge in [0.05, 0.1) is 5.92 Å². The second kappa shape index (κ2) is 4.53. The van der Waals surface area contributed by atoms with Gasteiger partial charge >= 0.3 is 0 Å². The lowest BCUT2D eigenvalue weighted by Gasteiger charge is -2.32. The molecule has 0 spiro atoms. The third-order valence-corrected chi connectivity index (χ3v) is 4.55. The van der Waals surface area contributed by atoms with Crippen molar-refractivity contribution in [1.29, 1.82) is 0 Å². The Labute approximate surface area is 103 Å². The Balaban J connectivity index is 2.34. The lowest BCUT2D eigenvalue weighted by molar-refractivity contribution is -0.543. The van der Waals surface area contributed by atoms with Crippen molar-refractivity contribution in [3.8, 4) is 0 Å². The number of alkyl halides is 1. The molecule has 86 valence electrons. The van der Waals surface area contributed by atoms with Crippen LogP contribution in [0.1, 0.15) is 37.2 Å². The molecule has 16 heavy (non-hydrogen) atoms. The monoisotopic (exact) mass is 283 g/mol. The van der Waals surface area contributed by atoms with E-state index in [-0.39, 0.29) is 10.8 Å². The van der Waals surface area contributed by atoms with E-state index >= 15 is 0 Å². The summed E-state index contributed by atoms with van der Waals surface area (Å²) in [6, 6.07) is 9.79. The molecule has 0 aliphatic heterocycles. The van der Waals surface area contributed by atoms with Gasteiger partial charge in [-0.3, -0.25) is 10.1 Å². The fraction of sp³-hybridized carbons (Fsp3) is 0.500. The standard InChI is InChI=1S/C12H14BrNO2/c13-12(14(15)16)9-5-4-8-11(12)10-6-2-1-3-7-10/h1-3,6-7,11H,4-5,8-9H2. The van der Waals surface area contributed by atoms with Gasteiger partial charge in [-0.2, -0.15) is 0 Å². The number of halogens is 1. The predicted octanol–water partition coefficient (Wildman–Crippen LogP) is 3.71. The maximum absolute atomic E-state index is 11.2. The second-order valence-electron chi connectivity index (χ2n) is 4.28. The third kappa shape index (κ3) is 1.98. The predicted molar refractivity (Wildman–Crippen MR) is 66.3 cm³/mol. The van der Waals surface area contributed by atoms with Crippen LogP contribution < -0.4 is 0 Å². The van der Waals surface area contributed by atoms with Gasteiger partial charge in [0.15, 0.2) is 0 Å². The largest absolute Gasteiger partial charge is 0.281 e. The topological polar surface area (TPSA) is 43.1 Å². The van der Waals surface area contributed by atoms with E-state index < -0.39 is 4.45 Å². The summed E-state index contributed by atoms with van der Waals surface area (Å²) in [5.41, 5.74) is 1.07. The fourth-order valence-electron chi connectivity index (χ4n) is 2.44. The maximum atomic E-state index is 11.2. The summed E-state index contributed by atoms with van der Waals surface area (Å²) >= 11 is 3.36. The van der Waals surface area contributed by atoms with Crippen LogP contribution in [-0.4, -0.2) is 9.37 Å². The Kier molecular flexibility index (Phi) is 3.28. The molecule has 1 aliphatic rings. The van der Waals surface area contributed by atoms with Crippen LogP contribution in [0.5, 0.6) is 0 Å². The second-order valence-corrected chi connectivity index (χ2v) is 5.66. The molecule has 0 amide bonds. The van der Waals surface area contributed by atoms with Gasteiger partial charge in [-0.15, -0.1) is 0 Å². The number of rotatable bonds is 2. The van der Waals surface area contributed by atoms with E-state index in [9.17, 15) is 10.1 Å². The van der Waals surface area contributed by atoms with Crippen LogP contribution in [0.2, 0.25) is 0 Å². The van der Waals surface area contributed by atoms with E-state index in [1.54, 1.807) is 0 Å². The summed E-state index contributed by atoms with van der Waals surface area (Å²) in [5.74, 6) is -0.0163. The van der Waals surface area contributed by atoms with Gasteiger partial charge in [0.25, 0.3) is 4.45 Å². The van der Waals surface area contributed by atoms with Gasteiger partial charge in [-0.1, -0.05) is 36.8 Å². The maximum Gasteiger partial charge on any atom is 0.281 e. The molecule has 1 aliphatic carbocycles. The van der Waals surface area contributed by atoms with E-state index in [0.717, 1.165) is 24.8 Å². The van der Waals surface area contributed by atoms with E-state index in [2.05, 4.69) is 15.9 Å². The van der Waals surface area contributed by atoms with Gasteiger partial charge in [0.1, 0.15) is 0 Å². The minimum atomic E-state index is -0.966. The smallest absolute Gasteiger partial charge is 0.263 e. The Morgan fingerprint density at radius 3 is 2.62 bits per heavy atom. The lowest BCUT2D eigenvalue weighted by Crippen LogP contribution is -2.40. The zero-order chi connectivity index (χ0) is 11.6. The van der Waals surface area contributed by atoms with Crippen molar-refractivity contribution in [2.24, 2.45) is 0 Å². The molecule has 0 radical (unpaired) electrons. The van der Waals surface area contributed by atoms with Crippen LogP contribution >= 0.6 is 15.9 Å². The molecule has 0 heterocycles. The van der Waals surface area contributed by atoms with Crippen LogP contribution in [0.3, 0.4) is 0 Å². The first-order chi connectivity index (χ1) is 7.64. The first kappa shape index (κ1) is 11.6. The molecule has 1 fully saturated rings. The van der Waals surface area contributed by atoms with E-state index in [0.29, 0.717) is 6.42 Å². The summed E-state index contributed by atoms with van der Waals surface area (Å²) in [6.45, 7) is 0. The number of nitrogens with zero attached hydrogens (tertiary/aromatic N) is 1. The molecule has 2 atom stereocenters. The van der Waals surface area contributed by atoms with Crippen molar-refractivity contribution in [3.05, 3.63) is 46.0 Å². The fourth-order valence-corrected chi connectivity index (χ4v) is 3.22. The van der Waals surface area contributed by atoms with Gasteiger partial charge in [0, 0.05) is 27.3 Å². The molecule has 2 rings (SSSR count). The molecule has 4 heteroatoms. The number of hydrogen-bond acceptors (Lipinski definition) is 2. The molecule has 1 aromatic rings. The van der Waals surface area contributed by atoms with E-state index in [1.165, 1.54) is 0 Å². The van der Waals surface area contributed by atoms with Gasteiger partial charge in [-0.05, 0) is 18.4 Å². The molecular formula is C12H14BrNO2. The molecular weight excluding hydrogens is 270 g/mol. The van der Waals surface area contributed by atoms with Gasteiger partial charge < -0.3 is 0 Å². The van der Waals surface area contributed by atoms with Crippen LogP contribution in [0.25, 0.3) is 0 Å². The Bertz CT molecular complexity index is 382. The number of hydrogen-bond donors (Lipinski definition) is 0. The Morgan fingerprint density at radius 1 is 1.31 bits per heavy atom. The molecule has 0 saturated heterocycles. The van der Waals surface area contributed by atoms with Crippen molar-refractivity contribution < 1.29 is 4.92 Å². The average molecular weight is 284 g/mol. The van der Waals surface area contributed by atoms with Gasteiger partial charge in [0.2, 0.25) is 0 Å². The van der Waals surface area contributed by atoms with Crippen LogP contribution in [-0.2, 0) is 0 Å². The van der Waals surface area contributed by atoms with Crippen molar-refractivity contribution in [3.63, 3.8) is 0 Å². The minimum absolute atomic E-state index is 0.0163. The summed E-state index contributed by atoms with van der Waals surface area (Å²) in [5, 5.41) is 11.2. The average Bonchev–Trinajstić information content (AvgIpc) is 2.30. The lowest BCUT2D eigenvalue weighted by atomic mass is 9.80. The highest BCUT2D eigenvalue weighted by Crippen LogP contribution is 2.46. The van der Waals surface area contributed by atoms with Crippen molar-refractivity contribution in [1.82, 2.24) is 0 Å². The highest BCUT2D eigenvalue weighted by Gasteiger charge is 2.49. The molecule has 3 nitrogen and oxygen atoms in total. The molecule has 0 aromatic heterocycles. The molecule has 0 N–H and O–H groups in total. The first-order valence-electron chi connectivity index (χ1n) is 5.53. The van der Waals surface area contributed by atoms with Crippen molar-refractivity contribution in [2.45, 2.75) is 36.0 Å². The number of nitro groups is 1. The first-order valence-corrected chi connectivity index (χ1v) is 6.32. The van der Waals surface area contributed by atoms with E-state index in [4.69, 9.17) is 0 Å². The highest BCUT2D eigenvalue weighted by atomic mass is 79.9. The highest BCUT2D eigenvalue weighted by molar-refractivity contribution is 9.10. The van der Waals surface area contributed by atoms with Crippen molar-refractivity contribution in [2.75, 3.05) is 0 Å². The van der Waals surface area contributed by atoms with Gasteiger partial charge in [-0.25, -0.2) is 0 Å². The third-order valence-electron chi connectivity index (χ3n) is 3.31. The molecule has 1 aromatic carbocycles. The molecule has 0 bridgehead atoms. The minimum Gasteiger partial charge on any atom is -0.263 e. The number of benzene rings is 1. The summed E-state index contributed by atoms with van der Waals surface area (Å²) in [4.78, 5) is 11.1. The Hall–Kier alpha value is -0.900. The van der Waals surface area contributed by atoms with Crippen LogP contribution in [0.15, 0.2) is 30.3 Å². The van der Waals surface area contributed by atoms with Crippen molar-refractivity contribution >= 4 is 15.9 Å². The van der Waals surface area contributed by atoms with Crippen LogP contribution in [0, 0.1) is 10.1 Å².